The number of rotatable bonds is 6. The molecule has 1 amide bonds. The zero-order valence-electron chi connectivity index (χ0n) is 15.3. The molecule has 0 saturated heterocycles. The summed E-state index contributed by atoms with van der Waals surface area (Å²) >= 11 is 0. The van der Waals surface area contributed by atoms with E-state index in [2.05, 4.69) is 4.74 Å². The first kappa shape index (κ1) is 23.5. The molecule has 0 unspecified atom stereocenters. The van der Waals surface area contributed by atoms with Crippen molar-refractivity contribution in [1.82, 2.24) is 4.90 Å². The van der Waals surface area contributed by atoms with Gasteiger partial charge in [0.05, 0.1) is 4.90 Å². The zero-order chi connectivity index (χ0) is 22.7. The second-order valence-corrected chi connectivity index (χ2v) is 8.13. The summed E-state index contributed by atoms with van der Waals surface area (Å²) in [6, 6.07) is 8.94. The molecule has 0 saturated carbocycles. The highest BCUT2D eigenvalue weighted by atomic mass is 32.2. The molecule has 2 aromatic rings. The van der Waals surface area contributed by atoms with Crippen LogP contribution in [0.2, 0.25) is 0 Å². The molecule has 0 aliphatic rings. The second-order valence-electron chi connectivity index (χ2n) is 6.19. The van der Waals surface area contributed by atoms with Crippen LogP contribution in [0.25, 0.3) is 0 Å². The van der Waals surface area contributed by atoms with Crippen molar-refractivity contribution in [3.8, 4) is 5.75 Å². The van der Waals surface area contributed by atoms with Gasteiger partial charge in [0.25, 0.3) is 15.7 Å². The molecule has 2 rings (SSSR count). The number of hydrogen-bond acceptors (Lipinski definition) is 4. The first-order valence-corrected chi connectivity index (χ1v) is 9.64. The van der Waals surface area contributed by atoms with E-state index in [0.29, 0.717) is 11.6 Å². The van der Waals surface area contributed by atoms with E-state index < -0.39 is 38.9 Å². The van der Waals surface area contributed by atoms with Crippen LogP contribution in [0.5, 0.6) is 5.75 Å². The van der Waals surface area contributed by atoms with Crippen LogP contribution in [0, 0.1) is 0 Å². The standard InChI is InChI=1S/C18H15F6NO4S/c1-25(10-12-5-7-14(8-6-12)29-11-17(19,20)21)16(26)13-3-2-4-15(9-13)30(27,28)18(22,23)24/h2-9H,10-11H2,1H3. The van der Waals surface area contributed by atoms with Crippen molar-refractivity contribution < 1.29 is 44.3 Å². The van der Waals surface area contributed by atoms with Crippen LogP contribution in [0.15, 0.2) is 53.4 Å². The number of nitrogens with zero attached hydrogens (tertiary/aromatic N) is 1. The number of ether oxygens (including phenoxy) is 1. The number of halogens is 6. The molecule has 2 aromatic carbocycles. The Morgan fingerprint density at radius 3 is 2.13 bits per heavy atom. The van der Waals surface area contributed by atoms with Crippen molar-refractivity contribution in [3.63, 3.8) is 0 Å². The van der Waals surface area contributed by atoms with Crippen molar-refractivity contribution in [3.05, 3.63) is 59.7 Å². The number of benzene rings is 2. The fourth-order valence-corrected chi connectivity index (χ4v) is 3.16. The summed E-state index contributed by atoms with van der Waals surface area (Å²) in [5, 5.41) is 0. The Balaban J connectivity index is 2.11. The number of alkyl halides is 6. The predicted molar refractivity (Wildman–Crippen MR) is 93.5 cm³/mol. The van der Waals surface area contributed by atoms with E-state index in [0.717, 1.165) is 17.0 Å². The SMILES string of the molecule is CN(Cc1ccc(OCC(F)(F)F)cc1)C(=O)c1cccc(S(=O)(=O)C(F)(F)F)c1. The molecule has 12 heteroatoms. The maximum atomic E-state index is 12.7. The Bertz CT molecular complexity index is 1000. The van der Waals surface area contributed by atoms with Crippen LogP contribution in [0.1, 0.15) is 15.9 Å². The van der Waals surface area contributed by atoms with Gasteiger partial charge in [-0.3, -0.25) is 4.79 Å². The molecule has 0 aromatic heterocycles. The first-order chi connectivity index (χ1) is 13.7. The average molecular weight is 455 g/mol. The molecule has 164 valence electrons. The molecule has 0 aliphatic carbocycles. The minimum Gasteiger partial charge on any atom is -0.484 e. The fourth-order valence-electron chi connectivity index (χ4n) is 2.35. The molecule has 0 radical (unpaired) electrons. The summed E-state index contributed by atoms with van der Waals surface area (Å²) in [6.45, 7) is -1.49. The summed E-state index contributed by atoms with van der Waals surface area (Å²) in [5.74, 6) is -0.776. The number of sulfone groups is 1. The minimum atomic E-state index is -5.60. The average Bonchev–Trinajstić information content (AvgIpc) is 2.65. The van der Waals surface area contributed by atoms with Gasteiger partial charge in [-0.05, 0) is 35.9 Å². The van der Waals surface area contributed by atoms with Crippen LogP contribution in [0.3, 0.4) is 0 Å². The topological polar surface area (TPSA) is 63.7 Å². The highest BCUT2D eigenvalue weighted by molar-refractivity contribution is 7.92. The third-order valence-electron chi connectivity index (χ3n) is 3.79. The Labute approximate surface area is 167 Å². The van der Waals surface area contributed by atoms with Crippen molar-refractivity contribution in [2.45, 2.75) is 23.1 Å². The molecule has 0 heterocycles. The molecule has 0 spiro atoms. The Kier molecular flexibility index (Phi) is 6.70. The Hall–Kier alpha value is -2.76. The van der Waals surface area contributed by atoms with Gasteiger partial charge in [-0.25, -0.2) is 8.42 Å². The van der Waals surface area contributed by atoms with Crippen LogP contribution in [-0.2, 0) is 16.4 Å². The van der Waals surface area contributed by atoms with Crippen molar-refractivity contribution in [2.24, 2.45) is 0 Å². The molecular formula is C18H15F6NO4S. The molecule has 30 heavy (non-hydrogen) atoms. The number of amides is 1. The highest BCUT2D eigenvalue weighted by Crippen LogP contribution is 2.30. The molecule has 5 nitrogen and oxygen atoms in total. The van der Waals surface area contributed by atoms with Crippen LogP contribution >= 0.6 is 0 Å². The van der Waals surface area contributed by atoms with Crippen LogP contribution < -0.4 is 4.74 Å². The molecule has 0 atom stereocenters. The summed E-state index contributed by atoms with van der Waals surface area (Å²) < 4.78 is 102. The number of carbonyl (C=O) groups excluding carboxylic acids is 1. The first-order valence-electron chi connectivity index (χ1n) is 8.16. The monoisotopic (exact) mass is 455 g/mol. The quantitative estimate of drug-likeness (QED) is 0.613. The summed E-state index contributed by atoms with van der Waals surface area (Å²) in [5.41, 5.74) is -5.27. The highest BCUT2D eigenvalue weighted by Gasteiger charge is 2.47. The summed E-state index contributed by atoms with van der Waals surface area (Å²) in [6.07, 6.45) is -4.49. The lowest BCUT2D eigenvalue weighted by Gasteiger charge is -2.18. The fraction of sp³-hybridized carbons (Fsp3) is 0.278. The normalized spacial score (nSPS) is 12.5. The van der Waals surface area contributed by atoms with Gasteiger partial charge in [-0.2, -0.15) is 26.3 Å². The van der Waals surface area contributed by atoms with Gasteiger partial charge in [0.1, 0.15) is 5.75 Å². The van der Waals surface area contributed by atoms with E-state index in [-0.39, 0.29) is 17.9 Å². The second kappa shape index (κ2) is 8.54. The van der Waals surface area contributed by atoms with Crippen LogP contribution in [-0.4, -0.2) is 44.6 Å². The summed E-state index contributed by atoms with van der Waals surface area (Å²) in [4.78, 5) is 12.5. The van der Waals surface area contributed by atoms with E-state index in [1.54, 1.807) is 0 Å². The molecule has 0 fully saturated rings. The van der Waals surface area contributed by atoms with E-state index in [1.165, 1.54) is 37.4 Å². The predicted octanol–water partition coefficient (Wildman–Crippen LogP) is 4.19. The third-order valence-corrected chi connectivity index (χ3v) is 5.27. The van der Waals surface area contributed by atoms with Crippen molar-refractivity contribution >= 4 is 15.7 Å². The Morgan fingerprint density at radius 2 is 1.60 bits per heavy atom. The van der Waals surface area contributed by atoms with Crippen molar-refractivity contribution in [2.75, 3.05) is 13.7 Å². The van der Waals surface area contributed by atoms with Gasteiger partial charge in [0, 0.05) is 19.2 Å². The van der Waals surface area contributed by atoms with Crippen molar-refractivity contribution in [1.29, 1.82) is 0 Å². The van der Waals surface area contributed by atoms with E-state index in [1.807, 2.05) is 0 Å². The minimum absolute atomic E-state index is 0.0323. The molecule has 0 aliphatic heterocycles. The summed E-state index contributed by atoms with van der Waals surface area (Å²) in [7, 11) is -4.27. The maximum absolute atomic E-state index is 12.7. The van der Waals surface area contributed by atoms with Gasteiger partial charge in [0.2, 0.25) is 0 Å². The van der Waals surface area contributed by atoms with Gasteiger partial charge in [-0.15, -0.1) is 0 Å². The molecule has 0 bridgehead atoms. The van der Waals surface area contributed by atoms with Gasteiger partial charge in [0.15, 0.2) is 6.61 Å². The van der Waals surface area contributed by atoms with Gasteiger partial charge < -0.3 is 9.64 Å². The lowest BCUT2D eigenvalue weighted by molar-refractivity contribution is -0.153. The third kappa shape index (κ3) is 5.88. The number of hydrogen-bond donors (Lipinski definition) is 0. The lowest BCUT2D eigenvalue weighted by atomic mass is 10.1. The van der Waals surface area contributed by atoms with Crippen LogP contribution in [0.4, 0.5) is 26.3 Å². The smallest absolute Gasteiger partial charge is 0.484 e. The van der Waals surface area contributed by atoms with E-state index >= 15 is 0 Å². The van der Waals surface area contributed by atoms with E-state index in [9.17, 15) is 39.6 Å². The largest absolute Gasteiger partial charge is 0.501 e. The lowest BCUT2D eigenvalue weighted by Crippen LogP contribution is -2.27. The number of carbonyl (C=O) groups is 1. The Morgan fingerprint density at radius 1 is 1.00 bits per heavy atom. The van der Waals surface area contributed by atoms with E-state index in [4.69, 9.17) is 0 Å². The zero-order valence-corrected chi connectivity index (χ0v) is 16.1. The molecular weight excluding hydrogens is 440 g/mol. The van der Waals surface area contributed by atoms with Gasteiger partial charge in [-0.1, -0.05) is 18.2 Å². The molecule has 0 N–H and O–H groups in total. The maximum Gasteiger partial charge on any atom is 0.501 e. The van der Waals surface area contributed by atoms with Gasteiger partial charge >= 0.3 is 11.7 Å².